The molecule has 6 heteroatoms. The van der Waals surface area contributed by atoms with E-state index in [9.17, 15) is 4.79 Å². The number of thioether (sulfide) groups is 1. The Morgan fingerprint density at radius 2 is 2.12 bits per heavy atom. The highest BCUT2D eigenvalue weighted by Gasteiger charge is 2.03. The van der Waals surface area contributed by atoms with Crippen molar-refractivity contribution < 1.29 is 9.90 Å². The minimum atomic E-state index is -0.872. The van der Waals surface area contributed by atoms with E-state index in [2.05, 4.69) is 15.8 Å². The Morgan fingerprint density at radius 3 is 2.69 bits per heavy atom. The van der Waals surface area contributed by atoms with Crippen molar-refractivity contribution in [3.05, 3.63) is 30.3 Å². The Labute approximate surface area is 97.9 Å². The van der Waals surface area contributed by atoms with Crippen molar-refractivity contribution in [3.63, 3.8) is 0 Å². The summed E-state index contributed by atoms with van der Waals surface area (Å²) in [6, 6.07) is 9.33. The van der Waals surface area contributed by atoms with E-state index in [-0.39, 0.29) is 5.75 Å². The molecule has 0 unspecified atom stereocenters. The molecule has 0 saturated heterocycles. The molecular formula is C10H13N3O2S. The average Bonchev–Trinajstić information content (AvgIpc) is 2.27. The summed E-state index contributed by atoms with van der Waals surface area (Å²) in [7, 11) is 1.70. The second kappa shape index (κ2) is 6.86. The predicted molar refractivity (Wildman–Crippen MR) is 65.8 cm³/mol. The van der Waals surface area contributed by atoms with Crippen LogP contribution in [0, 0.1) is 0 Å². The number of amidine groups is 1. The van der Waals surface area contributed by atoms with E-state index >= 15 is 0 Å². The number of rotatable bonds is 4. The number of hydrazine groups is 1. The van der Waals surface area contributed by atoms with Crippen LogP contribution >= 0.6 is 11.8 Å². The first-order valence-electron chi connectivity index (χ1n) is 4.63. The Balaban J connectivity index is 2.68. The maximum absolute atomic E-state index is 10.4. The molecule has 1 rings (SSSR count). The number of nitrogens with one attached hydrogen (secondary N) is 2. The van der Waals surface area contributed by atoms with E-state index in [0.29, 0.717) is 5.17 Å². The van der Waals surface area contributed by atoms with Crippen molar-refractivity contribution in [1.82, 2.24) is 10.9 Å². The molecule has 3 N–H and O–H groups in total. The number of benzene rings is 1. The van der Waals surface area contributed by atoms with Crippen LogP contribution in [0.15, 0.2) is 35.3 Å². The zero-order valence-electron chi connectivity index (χ0n) is 8.80. The molecule has 16 heavy (non-hydrogen) atoms. The van der Waals surface area contributed by atoms with Gasteiger partial charge in [0.05, 0.1) is 11.4 Å². The van der Waals surface area contributed by atoms with E-state index in [0.717, 1.165) is 17.4 Å². The third kappa shape index (κ3) is 4.81. The Hall–Kier alpha value is -1.53. The zero-order chi connectivity index (χ0) is 11.8. The normalized spacial score (nSPS) is 11.2. The van der Waals surface area contributed by atoms with Crippen molar-refractivity contribution in [3.8, 4) is 0 Å². The van der Waals surface area contributed by atoms with Gasteiger partial charge in [0.15, 0.2) is 5.17 Å². The highest BCUT2D eigenvalue weighted by atomic mass is 32.2. The zero-order valence-corrected chi connectivity index (χ0v) is 9.62. The fourth-order valence-corrected chi connectivity index (χ4v) is 1.56. The molecule has 0 atom stereocenters. The number of hydrogen-bond acceptors (Lipinski definition) is 4. The van der Waals surface area contributed by atoms with Crippen molar-refractivity contribution in [1.29, 1.82) is 0 Å². The molecule has 0 amide bonds. The molecule has 0 saturated carbocycles. The molecule has 0 aliphatic rings. The van der Waals surface area contributed by atoms with Crippen molar-refractivity contribution in [2.75, 3.05) is 12.8 Å². The standard InChI is InChI=1S/C10H13N3O2S/c1-11-13-10(16-7-9(14)15)12-8-5-3-2-4-6-8/h2-6,11H,7H2,1H3,(H,12,13)(H,14,15). The largest absolute Gasteiger partial charge is 0.481 e. The van der Waals surface area contributed by atoms with Gasteiger partial charge in [-0.05, 0) is 12.1 Å². The van der Waals surface area contributed by atoms with Gasteiger partial charge in [0, 0.05) is 7.05 Å². The number of aliphatic carboxylic acids is 1. The minimum Gasteiger partial charge on any atom is -0.481 e. The van der Waals surface area contributed by atoms with Crippen LogP contribution in [0.2, 0.25) is 0 Å². The van der Waals surface area contributed by atoms with Gasteiger partial charge in [-0.15, -0.1) is 0 Å². The van der Waals surface area contributed by atoms with E-state index < -0.39 is 5.97 Å². The molecule has 0 aromatic heterocycles. The first-order chi connectivity index (χ1) is 7.72. The first kappa shape index (κ1) is 12.5. The summed E-state index contributed by atoms with van der Waals surface area (Å²) in [5, 5.41) is 9.10. The minimum absolute atomic E-state index is 0.0274. The highest BCUT2D eigenvalue weighted by Crippen LogP contribution is 2.13. The number of carboxylic acid groups (broad SMARTS) is 1. The van der Waals surface area contributed by atoms with Crippen molar-refractivity contribution in [2.45, 2.75) is 0 Å². The fraction of sp³-hybridized carbons (Fsp3) is 0.200. The molecule has 0 fully saturated rings. The number of carbonyl (C=O) groups is 1. The predicted octanol–water partition coefficient (Wildman–Crippen LogP) is 1.22. The van der Waals surface area contributed by atoms with Crippen LogP contribution in [0.25, 0.3) is 0 Å². The van der Waals surface area contributed by atoms with Gasteiger partial charge in [-0.2, -0.15) is 0 Å². The van der Waals surface area contributed by atoms with Gasteiger partial charge in [0.1, 0.15) is 0 Å². The second-order valence-electron chi connectivity index (χ2n) is 2.81. The van der Waals surface area contributed by atoms with Crippen LogP contribution in [-0.4, -0.2) is 29.0 Å². The highest BCUT2D eigenvalue weighted by molar-refractivity contribution is 8.14. The molecule has 0 radical (unpaired) electrons. The van der Waals surface area contributed by atoms with Crippen LogP contribution in [0.3, 0.4) is 0 Å². The third-order valence-electron chi connectivity index (χ3n) is 1.55. The molecule has 0 heterocycles. The lowest BCUT2D eigenvalue weighted by atomic mass is 10.3. The number of carboxylic acids is 1. The fourth-order valence-electron chi connectivity index (χ4n) is 0.953. The Morgan fingerprint density at radius 1 is 1.44 bits per heavy atom. The van der Waals surface area contributed by atoms with Gasteiger partial charge in [-0.3, -0.25) is 4.79 Å². The molecule has 0 aliphatic heterocycles. The van der Waals surface area contributed by atoms with Crippen molar-refractivity contribution in [2.24, 2.45) is 4.99 Å². The number of hydrogen-bond donors (Lipinski definition) is 3. The lowest BCUT2D eigenvalue weighted by molar-refractivity contribution is -0.133. The Bertz CT molecular complexity index is 368. The summed E-state index contributed by atoms with van der Waals surface area (Å²) >= 11 is 1.13. The van der Waals surface area contributed by atoms with Gasteiger partial charge in [-0.25, -0.2) is 10.4 Å². The molecule has 1 aromatic rings. The lowest BCUT2D eigenvalue weighted by Crippen LogP contribution is -2.32. The summed E-state index contributed by atoms with van der Waals surface area (Å²) in [5.74, 6) is -0.899. The SMILES string of the molecule is CNNC(=Nc1ccccc1)SCC(=O)O. The lowest BCUT2D eigenvalue weighted by Gasteiger charge is -2.06. The van der Waals surface area contributed by atoms with Gasteiger partial charge in [0.25, 0.3) is 0 Å². The average molecular weight is 239 g/mol. The molecular weight excluding hydrogens is 226 g/mol. The molecule has 1 aromatic carbocycles. The number of nitrogens with zero attached hydrogens (tertiary/aromatic N) is 1. The molecule has 0 aliphatic carbocycles. The van der Waals surface area contributed by atoms with Gasteiger partial charge < -0.3 is 10.5 Å². The topological polar surface area (TPSA) is 73.7 Å². The van der Waals surface area contributed by atoms with E-state index in [1.165, 1.54) is 0 Å². The molecule has 0 bridgehead atoms. The summed E-state index contributed by atoms with van der Waals surface area (Å²) in [4.78, 5) is 14.7. The van der Waals surface area contributed by atoms with Crippen LogP contribution < -0.4 is 10.9 Å². The van der Waals surface area contributed by atoms with E-state index in [4.69, 9.17) is 5.11 Å². The summed E-state index contributed by atoms with van der Waals surface area (Å²) < 4.78 is 0. The van der Waals surface area contributed by atoms with Crippen molar-refractivity contribution >= 4 is 28.6 Å². The van der Waals surface area contributed by atoms with Crippen LogP contribution in [0.5, 0.6) is 0 Å². The van der Waals surface area contributed by atoms with E-state index in [1.807, 2.05) is 30.3 Å². The van der Waals surface area contributed by atoms with Crippen LogP contribution in [0.4, 0.5) is 5.69 Å². The third-order valence-corrected chi connectivity index (χ3v) is 2.41. The Kier molecular flexibility index (Phi) is 5.38. The first-order valence-corrected chi connectivity index (χ1v) is 5.62. The van der Waals surface area contributed by atoms with Gasteiger partial charge >= 0.3 is 5.97 Å². The van der Waals surface area contributed by atoms with E-state index in [1.54, 1.807) is 7.05 Å². The quantitative estimate of drug-likeness (QED) is 0.418. The van der Waals surface area contributed by atoms with Crippen LogP contribution in [0.1, 0.15) is 0 Å². The van der Waals surface area contributed by atoms with Gasteiger partial charge in [0.2, 0.25) is 0 Å². The summed E-state index contributed by atoms with van der Waals surface area (Å²) in [6.07, 6.45) is 0. The second-order valence-corrected chi connectivity index (χ2v) is 3.77. The van der Waals surface area contributed by atoms with Crippen LogP contribution in [-0.2, 0) is 4.79 Å². The summed E-state index contributed by atoms with van der Waals surface area (Å²) in [6.45, 7) is 0. The summed E-state index contributed by atoms with van der Waals surface area (Å²) in [5.41, 5.74) is 6.28. The number of aliphatic imine (C=N–C) groups is 1. The molecule has 86 valence electrons. The number of para-hydroxylation sites is 1. The maximum Gasteiger partial charge on any atom is 0.313 e. The van der Waals surface area contributed by atoms with Gasteiger partial charge in [-0.1, -0.05) is 30.0 Å². The maximum atomic E-state index is 10.4. The monoisotopic (exact) mass is 239 g/mol. The molecule has 5 nitrogen and oxygen atoms in total. The smallest absolute Gasteiger partial charge is 0.313 e. The molecule has 0 spiro atoms.